The van der Waals surface area contributed by atoms with E-state index in [9.17, 15) is 0 Å². The molecule has 0 aliphatic rings. The number of aromatic nitrogens is 1. The van der Waals surface area contributed by atoms with Crippen LogP contribution in [0, 0.1) is 39.9 Å². The zero-order chi connectivity index (χ0) is 12.0. The molecule has 0 bridgehead atoms. The molecule has 0 amide bonds. The molecule has 5 nitrogen and oxygen atoms in total. The van der Waals surface area contributed by atoms with Crippen LogP contribution in [-0.4, -0.2) is 5.87 Å². The second kappa shape index (κ2) is 7.79. The average molecular weight is 245 g/mol. The molecule has 0 atom stereocenters. The third-order valence-electron chi connectivity index (χ3n) is 1.81. The van der Waals surface area contributed by atoms with Gasteiger partial charge in [-0.2, -0.15) is 15.7 Å². The predicted octanol–water partition coefficient (Wildman–Crippen LogP) is -2.45. The third-order valence-corrected chi connectivity index (χ3v) is 1.81. The van der Waals surface area contributed by atoms with Gasteiger partial charge in [0.05, 0.1) is 0 Å². The van der Waals surface area contributed by atoms with Crippen LogP contribution in [0.1, 0.15) is 5.56 Å². The summed E-state index contributed by atoms with van der Waals surface area (Å²) < 4.78 is 1.32. The second-order valence-corrected chi connectivity index (χ2v) is 2.66. The summed E-state index contributed by atoms with van der Waals surface area (Å²) in [6.45, 7) is 0. The fraction of sp³-hybridized carbons (Fsp3) is 0. The summed E-state index contributed by atoms with van der Waals surface area (Å²) >= 11 is 0. The van der Waals surface area contributed by atoms with Crippen molar-refractivity contribution >= 4 is 11.6 Å². The van der Waals surface area contributed by atoms with Gasteiger partial charge in [-0.1, -0.05) is 12.1 Å². The Bertz CT molecular complexity index is 550. The quantitative estimate of drug-likeness (QED) is 0.190. The van der Waals surface area contributed by atoms with Gasteiger partial charge in [-0.3, -0.25) is 0 Å². The van der Waals surface area contributed by atoms with Gasteiger partial charge in [0.25, 0.3) is 0 Å². The Labute approximate surface area is 141 Å². The number of rotatable bonds is 2. The van der Waals surface area contributed by atoms with Crippen molar-refractivity contribution in [1.82, 2.24) is 0 Å². The average Bonchev–Trinajstić information content (AvgIpc) is 2.34. The van der Waals surface area contributed by atoms with Crippen molar-refractivity contribution in [3.63, 3.8) is 0 Å². The second-order valence-electron chi connectivity index (χ2n) is 2.66. The molecule has 0 aliphatic carbocycles. The van der Waals surface area contributed by atoms with E-state index in [1.54, 1.807) is 24.1 Å². The van der Waals surface area contributed by atoms with Crippen LogP contribution in [0.15, 0.2) is 24.5 Å². The zero-order valence-electron chi connectivity index (χ0n) is 9.05. The normalized spacial score (nSPS) is 7.35. The molecule has 0 N–H and O–H groups in total. The van der Waals surface area contributed by atoms with Gasteiger partial charge in [0.2, 0.25) is 0 Å². The van der Waals surface area contributed by atoms with Gasteiger partial charge in [0.1, 0.15) is 12.4 Å². The van der Waals surface area contributed by atoms with E-state index in [1.165, 1.54) is 29.1 Å². The van der Waals surface area contributed by atoms with Gasteiger partial charge >= 0.3 is 57.1 Å². The first-order chi connectivity index (χ1) is 7.76. The first kappa shape index (κ1) is 15.6. The SMILES string of the molecule is N#CC(=C=[N-])[n+]1ccc([C-](C#N)C#N)cc1.[K+]. The predicted molar refractivity (Wildman–Crippen MR) is 53.9 cm³/mol. The minimum absolute atomic E-state index is 0. The standard InChI is InChI=1S/C11H4N5.K/c12-5-10(6-13)9-1-3-16(4-2-9)11(7-14)8-15;/h1-4H;/q-1;+1. The summed E-state index contributed by atoms with van der Waals surface area (Å²) in [5, 5.41) is 34.5. The van der Waals surface area contributed by atoms with Crippen molar-refractivity contribution in [1.29, 1.82) is 15.8 Å². The maximum Gasteiger partial charge on any atom is 1.00 e. The topological polar surface area (TPSA) is 97.6 Å². The fourth-order valence-corrected chi connectivity index (χ4v) is 1.04. The molecule has 0 saturated carbocycles. The number of hydrogen-bond donors (Lipinski definition) is 0. The molecular formula is C11H4KN5. The Morgan fingerprint density at radius 1 is 1.18 bits per heavy atom. The summed E-state index contributed by atoms with van der Waals surface area (Å²) in [5.74, 6) is 1.71. The summed E-state index contributed by atoms with van der Waals surface area (Å²) in [6.07, 6.45) is 2.90. The summed E-state index contributed by atoms with van der Waals surface area (Å²) in [4.78, 5) is 0. The first-order valence-electron chi connectivity index (χ1n) is 4.13. The van der Waals surface area contributed by atoms with Crippen molar-refractivity contribution in [2.75, 3.05) is 0 Å². The van der Waals surface area contributed by atoms with Crippen molar-refractivity contribution in [3.8, 4) is 18.2 Å². The Kier molecular flexibility index (Phi) is 7.13. The molecule has 0 unspecified atom stereocenters. The Hall–Kier alpha value is -1.42. The van der Waals surface area contributed by atoms with Crippen LogP contribution in [0.5, 0.6) is 0 Å². The number of hydrogen-bond acceptors (Lipinski definition) is 3. The molecular weight excluding hydrogens is 241 g/mol. The molecule has 0 radical (unpaired) electrons. The van der Waals surface area contributed by atoms with Crippen LogP contribution < -0.4 is 56.0 Å². The number of pyridine rings is 1. The molecule has 6 heteroatoms. The molecule has 0 spiro atoms. The van der Waals surface area contributed by atoms with E-state index in [2.05, 4.69) is 0 Å². The molecule has 1 rings (SSSR count). The van der Waals surface area contributed by atoms with E-state index in [1.807, 2.05) is 0 Å². The van der Waals surface area contributed by atoms with Gasteiger partial charge in [-0.15, -0.1) is 5.56 Å². The molecule has 74 valence electrons. The van der Waals surface area contributed by atoms with Crippen LogP contribution in [-0.2, 0) is 0 Å². The van der Waals surface area contributed by atoms with E-state index in [0.29, 0.717) is 5.56 Å². The molecule has 0 saturated heterocycles. The molecule has 0 fully saturated rings. The summed E-state index contributed by atoms with van der Waals surface area (Å²) in [5.41, 5.74) is 0.374. The van der Waals surface area contributed by atoms with Gasteiger partial charge in [0, 0.05) is 18.1 Å². The van der Waals surface area contributed by atoms with E-state index in [0.717, 1.165) is 0 Å². The summed E-state index contributed by atoms with van der Waals surface area (Å²) in [6, 6.07) is 8.23. The van der Waals surface area contributed by atoms with Gasteiger partial charge in [-0.25, -0.2) is 10.5 Å². The Morgan fingerprint density at radius 3 is 2.06 bits per heavy atom. The summed E-state index contributed by atoms with van der Waals surface area (Å²) in [7, 11) is 0. The van der Waals surface area contributed by atoms with Gasteiger partial charge in [-0.05, 0) is 0 Å². The Balaban J connectivity index is 0.00000256. The third kappa shape index (κ3) is 3.82. The largest absolute Gasteiger partial charge is 1.00 e. The van der Waals surface area contributed by atoms with Crippen molar-refractivity contribution in [3.05, 3.63) is 41.4 Å². The van der Waals surface area contributed by atoms with E-state index in [4.69, 9.17) is 21.2 Å². The van der Waals surface area contributed by atoms with E-state index in [-0.39, 0.29) is 63.0 Å². The van der Waals surface area contributed by atoms with E-state index < -0.39 is 0 Å². The molecule has 17 heavy (non-hydrogen) atoms. The fourth-order valence-electron chi connectivity index (χ4n) is 1.04. The number of allylic oxidation sites excluding steroid dienone is 1. The van der Waals surface area contributed by atoms with E-state index >= 15 is 0 Å². The van der Waals surface area contributed by atoms with Crippen LogP contribution in [0.4, 0.5) is 0 Å². The van der Waals surface area contributed by atoms with Crippen molar-refractivity contribution in [2.24, 2.45) is 0 Å². The first-order valence-corrected chi connectivity index (χ1v) is 4.13. The zero-order valence-corrected chi connectivity index (χ0v) is 12.2. The molecule has 0 aliphatic heterocycles. The molecule has 0 aromatic carbocycles. The Morgan fingerprint density at radius 2 is 1.71 bits per heavy atom. The monoisotopic (exact) mass is 245 g/mol. The van der Waals surface area contributed by atoms with Crippen molar-refractivity contribution < 1.29 is 56.0 Å². The minimum atomic E-state index is -0.0815. The number of nitrogens with zero attached hydrogens (tertiary/aromatic N) is 5. The molecule has 1 heterocycles. The van der Waals surface area contributed by atoms with Crippen LogP contribution in [0.3, 0.4) is 0 Å². The maximum atomic E-state index is 8.62. The van der Waals surface area contributed by atoms with Crippen LogP contribution in [0.25, 0.3) is 11.1 Å². The molecule has 1 aromatic rings. The van der Waals surface area contributed by atoms with Crippen molar-refractivity contribution in [2.45, 2.75) is 0 Å². The van der Waals surface area contributed by atoms with Crippen LogP contribution in [0.2, 0.25) is 0 Å². The molecule has 1 aromatic heterocycles. The van der Waals surface area contributed by atoms with Crippen LogP contribution >= 0.6 is 0 Å². The smallest absolute Gasteiger partial charge is 0.757 e. The van der Waals surface area contributed by atoms with Gasteiger partial charge < -0.3 is 5.41 Å². The minimum Gasteiger partial charge on any atom is -0.757 e. The van der Waals surface area contributed by atoms with Gasteiger partial charge in [0.15, 0.2) is 6.07 Å². The maximum absolute atomic E-state index is 8.62. The number of nitriles is 3.